The van der Waals surface area contributed by atoms with Crippen molar-refractivity contribution >= 4 is 0 Å². The zero-order chi connectivity index (χ0) is 17.6. The molecule has 0 radical (unpaired) electrons. The standard InChI is InChI=1S/C23H34N2/c1-2-25(23-20-16-12-8-9-13-17-21-23)24-22-18-14-10-6-4-3-5-7-11-15-19-22/h3-7,10-11,14-15,18-19,23-24H,2,8-9,12-13,16-17,20-21H2,1H3/b4-3-,5-3?,6-4?,7-5-,10-6-,11-7?,14-10?,15-11-,18-14?,19-15?,22-18?,22-19?. The second kappa shape index (κ2) is 12.5. The molecular weight excluding hydrogens is 304 g/mol. The van der Waals surface area contributed by atoms with Crippen molar-refractivity contribution in [3.8, 4) is 0 Å². The van der Waals surface area contributed by atoms with Gasteiger partial charge in [-0.3, -0.25) is 0 Å². The fourth-order valence-electron chi connectivity index (χ4n) is 3.41. The van der Waals surface area contributed by atoms with Gasteiger partial charge >= 0.3 is 0 Å². The molecule has 2 nitrogen and oxygen atoms in total. The van der Waals surface area contributed by atoms with E-state index in [2.05, 4.69) is 66.0 Å². The number of hydrazine groups is 1. The Morgan fingerprint density at radius 2 is 1.28 bits per heavy atom. The van der Waals surface area contributed by atoms with Gasteiger partial charge < -0.3 is 5.43 Å². The Hall–Kier alpha value is -1.80. The predicted octanol–water partition coefficient (Wildman–Crippen LogP) is 5.99. The maximum absolute atomic E-state index is 3.68. The lowest BCUT2D eigenvalue weighted by Gasteiger charge is -2.32. The Balaban J connectivity index is 2.05. The molecule has 136 valence electrons. The van der Waals surface area contributed by atoms with Crippen LogP contribution in [0.4, 0.5) is 0 Å². The first-order chi connectivity index (χ1) is 12.4. The molecule has 0 aliphatic heterocycles. The number of nitrogens with one attached hydrogen (secondary N) is 1. The lowest BCUT2D eigenvalue weighted by atomic mass is 10.0. The van der Waals surface area contributed by atoms with Crippen LogP contribution in [0.25, 0.3) is 0 Å². The summed E-state index contributed by atoms with van der Waals surface area (Å²) in [5.41, 5.74) is 4.82. The van der Waals surface area contributed by atoms with Crippen LogP contribution >= 0.6 is 0 Å². The van der Waals surface area contributed by atoms with E-state index in [-0.39, 0.29) is 0 Å². The van der Waals surface area contributed by atoms with Gasteiger partial charge in [0.05, 0.1) is 0 Å². The van der Waals surface area contributed by atoms with Crippen LogP contribution in [-0.4, -0.2) is 17.6 Å². The topological polar surface area (TPSA) is 15.3 Å². The van der Waals surface area contributed by atoms with Crippen LogP contribution in [-0.2, 0) is 0 Å². The molecule has 0 spiro atoms. The first-order valence-electron chi connectivity index (χ1n) is 9.98. The summed E-state index contributed by atoms with van der Waals surface area (Å²) >= 11 is 0. The molecule has 2 aliphatic carbocycles. The minimum atomic E-state index is 0.640. The molecule has 0 saturated heterocycles. The molecule has 0 aromatic carbocycles. The number of hydrogen-bond acceptors (Lipinski definition) is 2. The Morgan fingerprint density at radius 3 is 1.88 bits per heavy atom. The van der Waals surface area contributed by atoms with Crippen LogP contribution in [0.2, 0.25) is 0 Å². The van der Waals surface area contributed by atoms with E-state index < -0.39 is 0 Å². The lowest BCUT2D eigenvalue weighted by Crippen LogP contribution is -2.44. The SMILES string of the molecule is CCN(NC1=C\C=C/C=C\C=C/C=C\C=C1)C1CCCCCCCC1. The maximum atomic E-state index is 3.68. The minimum absolute atomic E-state index is 0.640. The molecule has 0 unspecified atom stereocenters. The fraction of sp³-hybridized carbons (Fsp3) is 0.478. The average Bonchev–Trinajstić information content (AvgIpc) is 2.75. The average molecular weight is 339 g/mol. The van der Waals surface area contributed by atoms with Crippen LogP contribution in [0.5, 0.6) is 0 Å². The summed E-state index contributed by atoms with van der Waals surface area (Å²) in [5.74, 6) is 0. The number of hydrogen-bond donors (Lipinski definition) is 1. The number of rotatable bonds is 4. The van der Waals surface area contributed by atoms with Crippen molar-refractivity contribution in [2.24, 2.45) is 0 Å². The molecule has 2 heteroatoms. The maximum Gasteiger partial charge on any atom is 0.0490 e. The normalized spacial score (nSPS) is 25.4. The van der Waals surface area contributed by atoms with Crippen LogP contribution < -0.4 is 5.43 Å². The molecule has 2 rings (SSSR count). The van der Waals surface area contributed by atoms with Gasteiger partial charge in [-0.2, -0.15) is 0 Å². The fourth-order valence-corrected chi connectivity index (χ4v) is 3.41. The summed E-state index contributed by atoms with van der Waals surface area (Å²) in [6.07, 6.45) is 33.8. The molecule has 1 saturated carbocycles. The number of nitrogens with zero attached hydrogens (tertiary/aromatic N) is 1. The highest BCUT2D eigenvalue weighted by atomic mass is 15.5. The van der Waals surface area contributed by atoms with E-state index in [4.69, 9.17) is 0 Å². The Labute approximate surface area is 154 Å². The van der Waals surface area contributed by atoms with E-state index in [9.17, 15) is 0 Å². The van der Waals surface area contributed by atoms with E-state index in [1.165, 1.54) is 51.4 Å². The Bertz CT molecular complexity index is 524. The van der Waals surface area contributed by atoms with Crippen LogP contribution in [0.1, 0.15) is 58.3 Å². The molecule has 1 N–H and O–H groups in total. The lowest BCUT2D eigenvalue weighted by molar-refractivity contribution is 0.134. The molecule has 1 fully saturated rings. The van der Waals surface area contributed by atoms with Gasteiger partial charge in [0.2, 0.25) is 0 Å². The molecule has 2 aliphatic rings. The van der Waals surface area contributed by atoms with E-state index in [0.29, 0.717) is 6.04 Å². The molecule has 0 atom stereocenters. The van der Waals surface area contributed by atoms with E-state index >= 15 is 0 Å². The summed E-state index contributed by atoms with van der Waals surface area (Å²) in [4.78, 5) is 0. The van der Waals surface area contributed by atoms with Gasteiger partial charge in [-0.15, -0.1) is 0 Å². The summed E-state index contributed by atoms with van der Waals surface area (Å²) in [6, 6.07) is 0.640. The monoisotopic (exact) mass is 338 g/mol. The Kier molecular flexibility index (Phi) is 9.80. The highest BCUT2D eigenvalue weighted by Gasteiger charge is 2.17. The molecule has 0 aromatic heterocycles. The first kappa shape index (κ1) is 19.5. The van der Waals surface area contributed by atoms with Crippen molar-refractivity contribution in [1.29, 1.82) is 0 Å². The zero-order valence-electron chi connectivity index (χ0n) is 15.7. The predicted molar refractivity (Wildman–Crippen MR) is 110 cm³/mol. The second-order valence-electron chi connectivity index (χ2n) is 6.77. The van der Waals surface area contributed by atoms with E-state index in [1.807, 2.05) is 18.2 Å². The number of allylic oxidation sites excluding steroid dienone is 11. The highest BCUT2D eigenvalue weighted by Crippen LogP contribution is 2.20. The summed E-state index contributed by atoms with van der Waals surface area (Å²) < 4.78 is 0. The van der Waals surface area contributed by atoms with Gasteiger partial charge in [0.1, 0.15) is 0 Å². The summed E-state index contributed by atoms with van der Waals surface area (Å²) in [6.45, 7) is 3.28. The molecule has 0 aromatic rings. The summed E-state index contributed by atoms with van der Waals surface area (Å²) in [7, 11) is 0. The van der Waals surface area contributed by atoms with Crippen molar-refractivity contribution in [2.75, 3.05) is 6.54 Å². The first-order valence-corrected chi connectivity index (χ1v) is 9.98. The smallest absolute Gasteiger partial charge is 0.0490 e. The highest BCUT2D eigenvalue weighted by molar-refractivity contribution is 5.28. The largest absolute Gasteiger partial charge is 0.319 e. The van der Waals surface area contributed by atoms with Crippen LogP contribution in [0.3, 0.4) is 0 Å². The quantitative estimate of drug-likeness (QED) is 0.633. The van der Waals surface area contributed by atoms with E-state index in [1.54, 1.807) is 0 Å². The molecule has 0 bridgehead atoms. The van der Waals surface area contributed by atoms with Crippen molar-refractivity contribution in [3.63, 3.8) is 0 Å². The van der Waals surface area contributed by atoms with Crippen molar-refractivity contribution < 1.29 is 0 Å². The molecule has 0 heterocycles. The van der Waals surface area contributed by atoms with E-state index in [0.717, 1.165) is 12.2 Å². The van der Waals surface area contributed by atoms with Gasteiger partial charge in [-0.25, -0.2) is 5.01 Å². The molecule has 0 amide bonds. The van der Waals surface area contributed by atoms with Crippen LogP contribution in [0.15, 0.2) is 72.5 Å². The summed E-state index contributed by atoms with van der Waals surface area (Å²) in [5, 5.41) is 2.45. The van der Waals surface area contributed by atoms with Gasteiger partial charge in [0.15, 0.2) is 0 Å². The van der Waals surface area contributed by atoms with Gasteiger partial charge in [0.25, 0.3) is 0 Å². The van der Waals surface area contributed by atoms with Crippen molar-refractivity contribution in [2.45, 2.75) is 64.3 Å². The Morgan fingerprint density at radius 1 is 0.760 bits per heavy atom. The third-order valence-corrected chi connectivity index (χ3v) is 4.82. The zero-order valence-corrected chi connectivity index (χ0v) is 15.7. The van der Waals surface area contributed by atoms with Gasteiger partial charge in [-0.1, -0.05) is 100 Å². The van der Waals surface area contributed by atoms with Crippen molar-refractivity contribution in [3.05, 3.63) is 72.5 Å². The third kappa shape index (κ3) is 8.22. The third-order valence-electron chi connectivity index (χ3n) is 4.82. The second-order valence-corrected chi connectivity index (χ2v) is 6.77. The van der Waals surface area contributed by atoms with Gasteiger partial charge in [-0.05, 0) is 25.0 Å². The van der Waals surface area contributed by atoms with Crippen molar-refractivity contribution in [1.82, 2.24) is 10.4 Å². The van der Waals surface area contributed by atoms with Crippen LogP contribution in [0, 0.1) is 0 Å². The minimum Gasteiger partial charge on any atom is -0.319 e. The van der Waals surface area contributed by atoms with Gasteiger partial charge in [0, 0.05) is 18.3 Å². The molecular formula is C23H34N2. The molecule has 25 heavy (non-hydrogen) atoms.